The van der Waals surface area contributed by atoms with Crippen molar-refractivity contribution in [2.75, 3.05) is 12.4 Å². The summed E-state index contributed by atoms with van der Waals surface area (Å²) in [5, 5.41) is 13.9. The number of aliphatic hydroxyl groups is 1. The van der Waals surface area contributed by atoms with E-state index in [0.717, 1.165) is 22.8 Å². The summed E-state index contributed by atoms with van der Waals surface area (Å²) in [6.45, 7) is 0.236. The van der Waals surface area contributed by atoms with Crippen LogP contribution in [0.25, 0.3) is 5.65 Å². The summed E-state index contributed by atoms with van der Waals surface area (Å²) in [4.78, 5) is 4.11. The van der Waals surface area contributed by atoms with Gasteiger partial charge in [0.2, 0.25) is 0 Å². The second-order valence-electron chi connectivity index (χ2n) is 2.83. The molecule has 2 aromatic heterocycles. The third kappa shape index (κ3) is 2.05. The fourth-order valence-electron chi connectivity index (χ4n) is 1.12. The van der Waals surface area contributed by atoms with Gasteiger partial charge in [0.05, 0.1) is 0 Å². The molecule has 5 heteroatoms. The molecular formula is C9H11N3OS. The molecule has 2 heterocycles. The van der Waals surface area contributed by atoms with Gasteiger partial charge in [-0.25, -0.2) is 9.50 Å². The van der Waals surface area contributed by atoms with Crippen LogP contribution in [0.3, 0.4) is 0 Å². The van der Waals surface area contributed by atoms with Crippen molar-refractivity contribution in [1.29, 1.82) is 0 Å². The minimum Gasteiger partial charge on any atom is -0.396 e. The molecule has 0 unspecified atom stereocenters. The first-order chi connectivity index (χ1) is 6.90. The summed E-state index contributed by atoms with van der Waals surface area (Å²) in [6, 6.07) is 3.89. The molecule has 74 valence electrons. The molecule has 0 aliphatic rings. The molecule has 0 bridgehead atoms. The largest absolute Gasteiger partial charge is 0.396 e. The smallest absolute Gasteiger partial charge is 0.153 e. The molecule has 1 N–H and O–H groups in total. The van der Waals surface area contributed by atoms with E-state index >= 15 is 0 Å². The van der Waals surface area contributed by atoms with E-state index in [1.54, 1.807) is 22.5 Å². The van der Waals surface area contributed by atoms with E-state index in [0.29, 0.717) is 0 Å². The van der Waals surface area contributed by atoms with E-state index in [4.69, 9.17) is 5.11 Å². The highest BCUT2D eigenvalue weighted by Gasteiger charge is 1.98. The minimum atomic E-state index is 0.236. The van der Waals surface area contributed by atoms with Gasteiger partial charge >= 0.3 is 0 Å². The number of rotatable bonds is 4. The Hall–Kier alpha value is -1.07. The number of nitrogens with zero attached hydrogens (tertiary/aromatic N) is 3. The van der Waals surface area contributed by atoms with Gasteiger partial charge in [-0.05, 0) is 18.6 Å². The first-order valence-electron chi connectivity index (χ1n) is 4.44. The van der Waals surface area contributed by atoms with Crippen LogP contribution in [0.15, 0.2) is 29.6 Å². The van der Waals surface area contributed by atoms with E-state index in [9.17, 15) is 0 Å². The maximum Gasteiger partial charge on any atom is 0.153 e. The van der Waals surface area contributed by atoms with Gasteiger partial charge in [-0.2, -0.15) is 5.10 Å². The van der Waals surface area contributed by atoms with Crippen LogP contribution in [0.1, 0.15) is 6.42 Å². The summed E-state index contributed by atoms with van der Waals surface area (Å²) >= 11 is 1.64. The molecule has 0 fully saturated rings. The molecule has 2 aromatic rings. The number of aromatic nitrogens is 3. The lowest BCUT2D eigenvalue weighted by Gasteiger charge is -1.99. The normalized spacial score (nSPS) is 10.9. The molecule has 0 amide bonds. The molecule has 0 saturated carbocycles. The summed E-state index contributed by atoms with van der Waals surface area (Å²) in [7, 11) is 0. The molecule has 0 aromatic carbocycles. The van der Waals surface area contributed by atoms with Crippen LogP contribution in [0.4, 0.5) is 0 Å². The molecule has 0 atom stereocenters. The van der Waals surface area contributed by atoms with Crippen LogP contribution in [0.5, 0.6) is 0 Å². The number of aliphatic hydroxyl groups excluding tert-OH is 1. The Morgan fingerprint density at radius 2 is 2.36 bits per heavy atom. The first-order valence-corrected chi connectivity index (χ1v) is 5.43. The highest BCUT2D eigenvalue weighted by Crippen LogP contribution is 2.15. The van der Waals surface area contributed by atoms with Crippen LogP contribution >= 0.6 is 11.8 Å². The summed E-state index contributed by atoms with van der Waals surface area (Å²) in [5.74, 6) is 0.893. The maximum atomic E-state index is 8.63. The van der Waals surface area contributed by atoms with Crippen molar-refractivity contribution >= 4 is 17.4 Å². The predicted molar refractivity (Wildman–Crippen MR) is 55.4 cm³/mol. The monoisotopic (exact) mass is 209 g/mol. The maximum absolute atomic E-state index is 8.63. The van der Waals surface area contributed by atoms with Gasteiger partial charge in [-0.3, -0.25) is 0 Å². The quantitative estimate of drug-likeness (QED) is 0.607. The molecular weight excluding hydrogens is 198 g/mol. The third-order valence-corrected chi connectivity index (χ3v) is 2.79. The molecule has 4 nitrogen and oxygen atoms in total. The lowest BCUT2D eigenvalue weighted by atomic mass is 10.5. The summed E-state index contributed by atoms with van der Waals surface area (Å²) < 4.78 is 1.75. The summed E-state index contributed by atoms with van der Waals surface area (Å²) in [6.07, 6.45) is 4.35. The topological polar surface area (TPSA) is 50.4 Å². The average Bonchev–Trinajstić information content (AvgIpc) is 2.65. The predicted octanol–water partition coefficient (Wildman–Crippen LogP) is 1.20. The first kappa shape index (κ1) is 9.48. The Bertz CT molecular complexity index is 415. The Morgan fingerprint density at radius 3 is 3.21 bits per heavy atom. The van der Waals surface area contributed by atoms with E-state index in [1.165, 1.54) is 0 Å². The lowest BCUT2D eigenvalue weighted by Crippen LogP contribution is -1.93. The molecule has 14 heavy (non-hydrogen) atoms. The van der Waals surface area contributed by atoms with Crippen LogP contribution in [-0.4, -0.2) is 32.1 Å². The zero-order chi connectivity index (χ0) is 9.80. The molecule has 0 saturated heterocycles. The van der Waals surface area contributed by atoms with E-state index in [2.05, 4.69) is 10.1 Å². The number of fused-ring (bicyclic) bond motifs is 1. The van der Waals surface area contributed by atoms with E-state index in [1.807, 2.05) is 18.3 Å². The van der Waals surface area contributed by atoms with Gasteiger partial charge in [-0.1, -0.05) is 0 Å². The standard InChI is InChI=1S/C9H11N3OS/c13-6-1-7-14-9-3-2-8-10-4-5-12(8)11-9/h2-5,13H,1,6-7H2. The summed E-state index contributed by atoms with van der Waals surface area (Å²) in [5.41, 5.74) is 0.858. The van der Waals surface area contributed by atoms with Crippen LogP contribution in [0.2, 0.25) is 0 Å². The van der Waals surface area contributed by atoms with Gasteiger partial charge in [0.25, 0.3) is 0 Å². The molecule has 0 radical (unpaired) electrons. The Kier molecular flexibility index (Phi) is 3.00. The van der Waals surface area contributed by atoms with Crippen LogP contribution in [-0.2, 0) is 0 Å². The second-order valence-corrected chi connectivity index (χ2v) is 3.94. The Balaban J connectivity index is 2.10. The van der Waals surface area contributed by atoms with Crippen molar-refractivity contribution in [2.24, 2.45) is 0 Å². The zero-order valence-corrected chi connectivity index (χ0v) is 8.44. The van der Waals surface area contributed by atoms with E-state index < -0.39 is 0 Å². The third-order valence-electron chi connectivity index (χ3n) is 1.78. The van der Waals surface area contributed by atoms with Crippen molar-refractivity contribution in [1.82, 2.24) is 14.6 Å². The number of imidazole rings is 1. The fraction of sp³-hybridized carbons (Fsp3) is 0.333. The molecule has 0 spiro atoms. The van der Waals surface area contributed by atoms with Gasteiger partial charge in [0.1, 0.15) is 5.03 Å². The highest BCUT2D eigenvalue weighted by atomic mass is 32.2. The molecule has 0 aliphatic carbocycles. The van der Waals surface area contributed by atoms with Crippen LogP contribution < -0.4 is 0 Å². The van der Waals surface area contributed by atoms with Crippen molar-refractivity contribution in [3.63, 3.8) is 0 Å². The second kappa shape index (κ2) is 4.43. The minimum absolute atomic E-state index is 0.236. The number of hydrogen-bond acceptors (Lipinski definition) is 4. The number of thioether (sulfide) groups is 1. The van der Waals surface area contributed by atoms with Gasteiger partial charge in [0, 0.05) is 24.8 Å². The molecule has 0 aliphatic heterocycles. The van der Waals surface area contributed by atoms with Crippen molar-refractivity contribution in [3.05, 3.63) is 24.5 Å². The lowest BCUT2D eigenvalue weighted by molar-refractivity contribution is 0.296. The van der Waals surface area contributed by atoms with Crippen LogP contribution in [0, 0.1) is 0 Å². The van der Waals surface area contributed by atoms with Gasteiger partial charge < -0.3 is 5.11 Å². The average molecular weight is 209 g/mol. The van der Waals surface area contributed by atoms with Crippen molar-refractivity contribution in [3.8, 4) is 0 Å². The van der Waals surface area contributed by atoms with Gasteiger partial charge in [0.15, 0.2) is 5.65 Å². The SMILES string of the molecule is OCCCSc1ccc2nccn2n1. The van der Waals surface area contributed by atoms with Crippen molar-refractivity contribution in [2.45, 2.75) is 11.4 Å². The van der Waals surface area contributed by atoms with Gasteiger partial charge in [-0.15, -0.1) is 11.8 Å². The van der Waals surface area contributed by atoms with Crippen molar-refractivity contribution < 1.29 is 5.11 Å². The Morgan fingerprint density at radius 1 is 1.43 bits per heavy atom. The number of hydrogen-bond donors (Lipinski definition) is 1. The zero-order valence-electron chi connectivity index (χ0n) is 7.63. The Labute approximate surface area is 86.0 Å². The highest BCUT2D eigenvalue weighted by molar-refractivity contribution is 7.99. The molecule has 2 rings (SSSR count). The van der Waals surface area contributed by atoms with E-state index in [-0.39, 0.29) is 6.61 Å². The fourth-order valence-corrected chi connectivity index (χ4v) is 1.91.